The number of carbonyl (C=O) groups is 1. The summed E-state index contributed by atoms with van der Waals surface area (Å²) in [6.45, 7) is 6.39. The first kappa shape index (κ1) is 22.1. The van der Waals surface area contributed by atoms with E-state index >= 15 is 0 Å². The molecule has 2 unspecified atom stereocenters. The van der Waals surface area contributed by atoms with E-state index in [0.717, 1.165) is 38.5 Å². The predicted molar refractivity (Wildman–Crippen MR) is 102 cm³/mol. The van der Waals surface area contributed by atoms with E-state index in [2.05, 4.69) is 61.3 Å². The Hall–Kier alpha value is -1.93. The van der Waals surface area contributed by atoms with Gasteiger partial charge in [-0.25, -0.2) is 0 Å². The van der Waals surface area contributed by atoms with Crippen LogP contribution >= 0.6 is 0 Å². The highest BCUT2D eigenvalue weighted by Gasteiger charge is 2.05. The molecule has 0 aliphatic rings. The van der Waals surface area contributed by atoms with Crippen molar-refractivity contribution in [2.75, 3.05) is 7.11 Å². The SMILES string of the molecule is CCC#CCC(C=CC=CC#CC(CC)CCCC(=O)OC)CC. The number of hydrogen-bond acceptors (Lipinski definition) is 2. The standard InChI is InChI=1S/C22H32O2/c1-5-8-11-15-20(6-2)16-12-9-10-13-17-21(7-3)18-14-19-22(23)24-4/h9-10,12,16,20-21H,5-7,14-15,18-19H2,1-4H3. The van der Waals surface area contributed by atoms with Crippen molar-refractivity contribution in [3.05, 3.63) is 24.3 Å². The zero-order valence-corrected chi connectivity index (χ0v) is 15.7. The number of ether oxygens (including phenoxy) is 1. The molecule has 0 rings (SSSR count). The molecule has 0 heterocycles. The van der Waals surface area contributed by atoms with E-state index < -0.39 is 0 Å². The highest BCUT2D eigenvalue weighted by molar-refractivity contribution is 5.68. The molecular weight excluding hydrogens is 296 g/mol. The molecule has 24 heavy (non-hydrogen) atoms. The van der Waals surface area contributed by atoms with Gasteiger partial charge in [0, 0.05) is 25.2 Å². The lowest BCUT2D eigenvalue weighted by atomic mass is 10.00. The molecule has 2 nitrogen and oxygen atoms in total. The molecule has 0 aliphatic heterocycles. The Labute approximate surface area is 148 Å². The van der Waals surface area contributed by atoms with Crippen LogP contribution < -0.4 is 0 Å². The van der Waals surface area contributed by atoms with Gasteiger partial charge in [-0.3, -0.25) is 4.79 Å². The number of allylic oxidation sites excluding steroid dienone is 4. The van der Waals surface area contributed by atoms with E-state index in [1.165, 1.54) is 7.11 Å². The third kappa shape index (κ3) is 12.6. The quantitative estimate of drug-likeness (QED) is 0.326. The van der Waals surface area contributed by atoms with Crippen LogP contribution in [0.2, 0.25) is 0 Å². The maximum absolute atomic E-state index is 11.1. The molecule has 0 aromatic rings. The fourth-order valence-corrected chi connectivity index (χ4v) is 2.14. The molecule has 2 heteroatoms. The lowest BCUT2D eigenvalue weighted by Crippen LogP contribution is -2.02. The number of carbonyl (C=O) groups excluding carboxylic acids is 1. The van der Waals surface area contributed by atoms with E-state index in [1.807, 2.05) is 12.2 Å². The molecule has 0 N–H and O–H groups in total. The van der Waals surface area contributed by atoms with Crippen LogP contribution in [-0.4, -0.2) is 13.1 Å². The smallest absolute Gasteiger partial charge is 0.305 e. The molecule has 0 saturated heterocycles. The fraction of sp³-hybridized carbons (Fsp3) is 0.591. The Balaban J connectivity index is 4.24. The lowest BCUT2D eigenvalue weighted by Gasteiger charge is -2.06. The van der Waals surface area contributed by atoms with Crippen LogP contribution in [0.3, 0.4) is 0 Å². The Morgan fingerprint density at radius 1 is 1.12 bits per heavy atom. The second kappa shape index (κ2) is 15.9. The first-order valence-electron chi connectivity index (χ1n) is 9.04. The Morgan fingerprint density at radius 2 is 1.92 bits per heavy atom. The molecule has 2 atom stereocenters. The van der Waals surface area contributed by atoms with Crippen LogP contribution in [0.15, 0.2) is 24.3 Å². The molecule has 0 fully saturated rings. The summed E-state index contributed by atoms with van der Waals surface area (Å²) >= 11 is 0. The number of methoxy groups -OCH3 is 1. The lowest BCUT2D eigenvalue weighted by molar-refractivity contribution is -0.140. The second-order valence-electron chi connectivity index (χ2n) is 5.69. The van der Waals surface area contributed by atoms with Crippen molar-refractivity contribution in [3.8, 4) is 23.7 Å². The van der Waals surface area contributed by atoms with E-state index in [9.17, 15) is 4.79 Å². The molecule has 0 saturated carbocycles. The van der Waals surface area contributed by atoms with Crippen LogP contribution in [0.4, 0.5) is 0 Å². The van der Waals surface area contributed by atoms with Gasteiger partial charge in [0.25, 0.3) is 0 Å². The fourth-order valence-electron chi connectivity index (χ4n) is 2.14. The van der Waals surface area contributed by atoms with Gasteiger partial charge in [0.2, 0.25) is 0 Å². The van der Waals surface area contributed by atoms with Gasteiger partial charge >= 0.3 is 5.97 Å². The Morgan fingerprint density at radius 3 is 2.54 bits per heavy atom. The highest BCUT2D eigenvalue weighted by Crippen LogP contribution is 2.12. The maximum Gasteiger partial charge on any atom is 0.305 e. The van der Waals surface area contributed by atoms with E-state index in [0.29, 0.717) is 18.3 Å². The van der Waals surface area contributed by atoms with Gasteiger partial charge in [0.15, 0.2) is 0 Å². The number of hydrogen-bond donors (Lipinski definition) is 0. The summed E-state index contributed by atoms with van der Waals surface area (Å²) < 4.78 is 4.65. The molecule has 0 aliphatic carbocycles. The summed E-state index contributed by atoms with van der Waals surface area (Å²) in [5, 5.41) is 0. The molecule has 0 bridgehead atoms. The van der Waals surface area contributed by atoms with Crippen molar-refractivity contribution < 1.29 is 9.53 Å². The first-order valence-corrected chi connectivity index (χ1v) is 9.04. The zero-order valence-electron chi connectivity index (χ0n) is 15.7. The van der Waals surface area contributed by atoms with Crippen molar-refractivity contribution in [2.24, 2.45) is 11.8 Å². The highest BCUT2D eigenvalue weighted by atomic mass is 16.5. The van der Waals surface area contributed by atoms with Crippen molar-refractivity contribution in [1.29, 1.82) is 0 Å². The average Bonchev–Trinajstić information content (AvgIpc) is 2.61. The third-order valence-corrected chi connectivity index (χ3v) is 3.81. The van der Waals surface area contributed by atoms with Gasteiger partial charge in [-0.15, -0.1) is 11.8 Å². The molecule has 0 aromatic heterocycles. The molecule has 132 valence electrons. The van der Waals surface area contributed by atoms with Crippen molar-refractivity contribution in [2.45, 2.75) is 65.7 Å². The first-order chi connectivity index (χ1) is 11.7. The number of rotatable bonds is 9. The van der Waals surface area contributed by atoms with Crippen LogP contribution in [-0.2, 0) is 9.53 Å². The molecular formula is C22H32O2. The second-order valence-corrected chi connectivity index (χ2v) is 5.69. The summed E-state index contributed by atoms with van der Waals surface area (Å²) in [5.41, 5.74) is 0. The average molecular weight is 328 g/mol. The summed E-state index contributed by atoms with van der Waals surface area (Å²) in [6, 6.07) is 0. The van der Waals surface area contributed by atoms with Gasteiger partial charge in [-0.05, 0) is 37.7 Å². The van der Waals surface area contributed by atoms with Crippen molar-refractivity contribution in [3.63, 3.8) is 0 Å². The summed E-state index contributed by atoms with van der Waals surface area (Å²) in [4.78, 5) is 11.1. The van der Waals surface area contributed by atoms with Gasteiger partial charge < -0.3 is 4.74 Å². The summed E-state index contributed by atoms with van der Waals surface area (Å²) in [6.07, 6.45) is 14.4. The summed E-state index contributed by atoms with van der Waals surface area (Å²) in [7, 11) is 1.43. The van der Waals surface area contributed by atoms with E-state index in [4.69, 9.17) is 0 Å². The monoisotopic (exact) mass is 328 g/mol. The zero-order chi connectivity index (χ0) is 18.0. The molecule has 0 aromatic carbocycles. The summed E-state index contributed by atoms with van der Waals surface area (Å²) in [5.74, 6) is 13.4. The third-order valence-electron chi connectivity index (χ3n) is 3.81. The normalized spacial score (nSPS) is 13.0. The van der Waals surface area contributed by atoms with Gasteiger partial charge in [-0.2, -0.15) is 0 Å². The Kier molecular flexibility index (Phi) is 14.7. The van der Waals surface area contributed by atoms with E-state index in [-0.39, 0.29) is 5.97 Å². The Bertz CT molecular complexity index is 506. The topological polar surface area (TPSA) is 26.3 Å². The van der Waals surface area contributed by atoms with Gasteiger partial charge in [-0.1, -0.05) is 50.8 Å². The molecule has 0 amide bonds. The minimum Gasteiger partial charge on any atom is -0.469 e. The van der Waals surface area contributed by atoms with Crippen molar-refractivity contribution in [1.82, 2.24) is 0 Å². The van der Waals surface area contributed by atoms with Gasteiger partial charge in [0.05, 0.1) is 7.11 Å². The van der Waals surface area contributed by atoms with Crippen molar-refractivity contribution >= 4 is 5.97 Å². The minimum atomic E-state index is -0.142. The number of esters is 1. The van der Waals surface area contributed by atoms with Crippen LogP contribution in [0, 0.1) is 35.5 Å². The van der Waals surface area contributed by atoms with Crippen LogP contribution in [0.5, 0.6) is 0 Å². The van der Waals surface area contributed by atoms with Gasteiger partial charge in [0.1, 0.15) is 0 Å². The largest absolute Gasteiger partial charge is 0.469 e. The van der Waals surface area contributed by atoms with Crippen LogP contribution in [0.25, 0.3) is 0 Å². The molecule has 0 spiro atoms. The van der Waals surface area contributed by atoms with E-state index in [1.54, 1.807) is 0 Å². The predicted octanol–water partition coefficient (Wildman–Crippen LogP) is 5.30. The minimum absolute atomic E-state index is 0.142. The molecule has 0 radical (unpaired) electrons. The van der Waals surface area contributed by atoms with Crippen LogP contribution in [0.1, 0.15) is 65.7 Å². The maximum atomic E-state index is 11.1.